The average molecular weight is 233 g/mol. The minimum absolute atomic E-state index is 0.0279. The topological polar surface area (TPSA) is 46.3 Å². The minimum Gasteiger partial charge on any atom is -0.337 e. The molecule has 0 aliphatic rings. The molecule has 1 atom stereocenters. The highest BCUT2D eigenvalue weighted by Crippen LogP contribution is 2.22. The van der Waals surface area contributed by atoms with E-state index in [-0.39, 0.29) is 11.9 Å². The van der Waals surface area contributed by atoms with E-state index in [1.165, 1.54) is 11.3 Å². The van der Waals surface area contributed by atoms with Gasteiger partial charge in [0, 0.05) is 19.6 Å². The SMILES string of the molecule is CC(CN)N(C)C(=O)c1ccc(Cl)s1. The maximum Gasteiger partial charge on any atom is 0.263 e. The van der Waals surface area contributed by atoms with Crippen molar-refractivity contribution in [2.45, 2.75) is 13.0 Å². The number of carbonyl (C=O) groups excluding carboxylic acids is 1. The molecule has 3 nitrogen and oxygen atoms in total. The lowest BCUT2D eigenvalue weighted by Gasteiger charge is -2.22. The second kappa shape index (κ2) is 4.77. The fourth-order valence-corrected chi connectivity index (χ4v) is 1.99. The molecule has 1 heterocycles. The maximum atomic E-state index is 11.8. The van der Waals surface area contributed by atoms with Crippen molar-refractivity contribution < 1.29 is 4.79 Å². The third-order valence-electron chi connectivity index (χ3n) is 2.11. The monoisotopic (exact) mass is 232 g/mol. The van der Waals surface area contributed by atoms with Crippen LogP contribution in [0.3, 0.4) is 0 Å². The largest absolute Gasteiger partial charge is 0.337 e. The summed E-state index contributed by atoms with van der Waals surface area (Å²) in [4.78, 5) is 14.1. The smallest absolute Gasteiger partial charge is 0.263 e. The Morgan fingerprint density at radius 3 is 2.79 bits per heavy atom. The summed E-state index contributed by atoms with van der Waals surface area (Å²) in [5.74, 6) is -0.0279. The Balaban J connectivity index is 2.75. The molecule has 0 saturated heterocycles. The van der Waals surface area contributed by atoms with Crippen LogP contribution in [0.4, 0.5) is 0 Å². The highest BCUT2D eigenvalue weighted by molar-refractivity contribution is 7.17. The van der Waals surface area contributed by atoms with Gasteiger partial charge in [-0.15, -0.1) is 11.3 Å². The van der Waals surface area contributed by atoms with E-state index in [1.807, 2.05) is 6.92 Å². The van der Waals surface area contributed by atoms with Gasteiger partial charge in [-0.05, 0) is 19.1 Å². The van der Waals surface area contributed by atoms with Crippen LogP contribution < -0.4 is 5.73 Å². The quantitative estimate of drug-likeness (QED) is 0.864. The van der Waals surface area contributed by atoms with Crippen LogP contribution in [0.2, 0.25) is 4.34 Å². The van der Waals surface area contributed by atoms with Gasteiger partial charge in [0.05, 0.1) is 9.21 Å². The first-order chi connectivity index (χ1) is 6.56. The summed E-state index contributed by atoms with van der Waals surface area (Å²) in [5, 5.41) is 0. The first-order valence-corrected chi connectivity index (χ1v) is 5.48. The standard InChI is InChI=1S/C9H13ClN2OS/c1-6(5-11)12(2)9(13)7-3-4-8(10)14-7/h3-4,6H,5,11H2,1-2H3. The zero-order valence-electron chi connectivity index (χ0n) is 8.16. The minimum atomic E-state index is -0.0279. The molecular weight excluding hydrogens is 220 g/mol. The van der Waals surface area contributed by atoms with Gasteiger partial charge in [0.2, 0.25) is 0 Å². The number of amides is 1. The third kappa shape index (κ3) is 2.47. The Morgan fingerprint density at radius 2 is 2.36 bits per heavy atom. The molecule has 0 aliphatic heterocycles. The van der Waals surface area contributed by atoms with Gasteiger partial charge in [-0.2, -0.15) is 0 Å². The van der Waals surface area contributed by atoms with E-state index in [0.29, 0.717) is 15.8 Å². The fourth-order valence-electron chi connectivity index (χ4n) is 0.961. The van der Waals surface area contributed by atoms with Crippen molar-refractivity contribution in [1.82, 2.24) is 4.90 Å². The lowest BCUT2D eigenvalue weighted by Crippen LogP contribution is -2.39. The van der Waals surface area contributed by atoms with Crippen molar-refractivity contribution >= 4 is 28.8 Å². The van der Waals surface area contributed by atoms with Crippen LogP contribution in [0.1, 0.15) is 16.6 Å². The van der Waals surface area contributed by atoms with Gasteiger partial charge < -0.3 is 10.6 Å². The Bertz CT molecular complexity index is 326. The van der Waals surface area contributed by atoms with Crippen LogP contribution in [0, 0.1) is 0 Å². The van der Waals surface area contributed by atoms with E-state index < -0.39 is 0 Å². The van der Waals surface area contributed by atoms with E-state index in [1.54, 1.807) is 24.1 Å². The van der Waals surface area contributed by atoms with Crippen molar-refractivity contribution in [1.29, 1.82) is 0 Å². The predicted octanol–water partition coefficient (Wildman–Crippen LogP) is 1.82. The molecule has 1 aromatic heterocycles. The van der Waals surface area contributed by atoms with Gasteiger partial charge in [-0.3, -0.25) is 4.79 Å². The van der Waals surface area contributed by atoms with E-state index in [2.05, 4.69) is 0 Å². The number of hydrogen-bond donors (Lipinski definition) is 1. The molecule has 0 radical (unpaired) electrons. The van der Waals surface area contributed by atoms with E-state index >= 15 is 0 Å². The molecule has 2 N–H and O–H groups in total. The summed E-state index contributed by atoms with van der Waals surface area (Å²) in [6, 6.07) is 3.50. The molecule has 0 fully saturated rings. The zero-order valence-corrected chi connectivity index (χ0v) is 9.73. The van der Waals surface area contributed by atoms with E-state index in [0.717, 1.165) is 0 Å². The number of halogens is 1. The Hall–Kier alpha value is -0.580. The molecule has 1 amide bonds. The van der Waals surface area contributed by atoms with Crippen LogP contribution in [0.25, 0.3) is 0 Å². The molecule has 0 bridgehead atoms. The van der Waals surface area contributed by atoms with E-state index in [4.69, 9.17) is 17.3 Å². The third-order valence-corrected chi connectivity index (χ3v) is 3.33. The predicted molar refractivity (Wildman–Crippen MR) is 59.9 cm³/mol. The lowest BCUT2D eigenvalue weighted by atomic mass is 10.3. The first-order valence-electron chi connectivity index (χ1n) is 4.28. The Kier molecular flexibility index (Phi) is 3.92. The number of thiophene rings is 1. The molecule has 0 saturated carbocycles. The van der Waals surface area contributed by atoms with Crippen LogP contribution in [-0.2, 0) is 0 Å². The fraction of sp³-hybridized carbons (Fsp3) is 0.444. The number of carbonyl (C=O) groups is 1. The van der Waals surface area contributed by atoms with Crippen molar-refractivity contribution in [2.75, 3.05) is 13.6 Å². The van der Waals surface area contributed by atoms with Crippen molar-refractivity contribution in [3.8, 4) is 0 Å². The summed E-state index contributed by atoms with van der Waals surface area (Å²) in [6.07, 6.45) is 0. The Labute approximate surface area is 92.5 Å². The number of nitrogens with zero attached hydrogens (tertiary/aromatic N) is 1. The van der Waals surface area contributed by atoms with Gasteiger partial charge in [0.1, 0.15) is 0 Å². The van der Waals surface area contributed by atoms with Crippen molar-refractivity contribution in [3.05, 3.63) is 21.3 Å². The normalized spacial score (nSPS) is 12.6. The number of nitrogens with two attached hydrogens (primary N) is 1. The maximum absolute atomic E-state index is 11.8. The average Bonchev–Trinajstić information content (AvgIpc) is 2.61. The lowest BCUT2D eigenvalue weighted by molar-refractivity contribution is 0.0753. The molecule has 1 aromatic rings. The number of likely N-dealkylation sites (N-methyl/N-ethyl adjacent to an activating group) is 1. The highest BCUT2D eigenvalue weighted by atomic mass is 35.5. The molecule has 78 valence electrons. The van der Waals surface area contributed by atoms with Gasteiger partial charge in [0.25, 0.3) is 5.91 Å². The number of rotatable bonds is 3. The van der Waals surface area contributed by atoms with Crippen LogP contribution in [0.5, 0.6) is 0 Å². The second-order valence-corrected chi connectivity index (χ2v) is 4.82. The summed E-state index contributed by atoms with van der Waals surface area (Å²) in [5.41, 5.74) is 5.48. The van der Waals surface area contributed by atoms with Crippen molar-refractivity contribution in [2.24, 2.45) is 5.73 Å². The summed E-state index contributed by atoms with van der Waals surface area (Å²) in [6.45, 7) is 2.37. The molecule has 1 rings (SSSR count). The molecule has 5 heteroatoms. The second-order valence-electron chi connectivity index (χ2n) is 3.10. The van der Waals surface area contributed by atoms with E-state index in [9.17, 15) is 4.79 Å². The molecular formula is C9H13ClN2OS. The van der Waals surface area contributed by atoms with Crippen LogP contribution in [-0.4, -0.2) is 30.4 Å². The summed E-state index contributed by atoms with van der Waals surface area (Å²) < 4.78 is 0.627. The summed E-state index contributed by atoms with van der Waals surface area (Å²) >= 11 is 7.03. The van der Waals surface area contributed by atoms with Gasteiger partial charge >= 0.3 is 0 Å². The molecule has 14 heavy (non-hydrogen) atoms. The molecule has 1 unspecified atom stereocenters. The molecule has 0 spiro atoms. The molecule has 0 aliphatic carbocycles. The summed E-state index contributed by atoms with van der Waals surface area (Å²) in [7, 11) is 1.74. The van der Waals surface area contributed by atoms with Gasteiger partial charge in [0.15, 0.2) is 0 Å². The van der Waals surface area contributed by atoms with Gasteiger partial charge in [-0.25, -0.2) is 0 Å². The van der Waals surface area contributed by atoms with Crippen LogP contribution >= 0.6 is 22.9 Å². The van der Waals surface area contributed by atoms with Crippen molar-refractivity contribution in [3.63, 3.8) is 0 Å². The van der Waals surface area contributed by atoms with Crippen LogP contribution in [0.15, 0.2) is 12.1 Å². The first kappa shape index (κ1) is 11.5. The van der Waals surface area contributed by atoms with Gasteiger partial charge in [-0.1, -0.05) is 11.6 Å². The molecule has 0 aromatic carbocycles. The zero-order chi connectivity index (χ0) is 10.7. The Morgan fingerprint density at radius 1 is 1.71 bits per heavy atom. The number of hydrogen-bond acceptors (Lipinski definition) is 3. The highest BCUT2D eigenvalue weighted by Gasteiger charge is 2.17.